The van der Waals surface area contributed by atoms with Crippen LogP contribution in [-0.4, -0.2) is 0 Å². The maximum Gasteiger partial charge on any atom is 0.0526 e. The number of rotatable bonds is 8. The molecule has 4 aromatic carbocycles. The van der Waals surface area contributed by atoms with E-state index in [1.54, 1.807) is 0 Å². The number of allylic oxidation sites excluding steroid dienone is 2. The van der Waals surface area contributed by atoms with Crippen molar-refractivity contribution < 1.29 is 0 Å². The molecular weight excluding hydrogens is 430 g/mol. The molecule has 0 saturated heterocycles. The SMILES string of the molecule is C=CCC(c1ccccc1)c1ccc2c(c1)Sc1cc(C(CC=C)c3ccccc3)ccc1N2. The molecule has 2 atom stereocenters. The van der Waals surface area contributed by atoms with Crippen LogP contribution in [0, 0.1) is 0 Å². The lowest BCUT2D eigenvalue weighted by Crippen LogP contribution is -2.05. The zero-order valence-corrected chi connectivity index (χ0v) is 20.1. The zero-order chi connectivity index (χ0) is 23.3. The van der Waals surface area contributed by atoms with E-state index in [1.807, 2.05) is 23.9 Å². The van der Waals surface area contributed by atoms with E-state index in [4.69, 9.17) is 0 Å². The molecule has 0 bridgehead atoms. The van der Waals surface area contributed by atoms with Gasteiger partial charge in [-0.05, 0) is 59.4 Å². The smallest absolute Gasteiger partial charge is 0.0526 e. The van der Waals surface area contributed by atoms with Gasteiger partial charge >= 0.3 is 0 Å². The third-order valence-electron chi connectivity index (χ3n) is 6.51. The molecule has 0 radical (unpaired) electrons. The molecule has 168 valence electrons. The molecule has 1 N–H and O–H groups in total. The molecule has 1 aliphatic heterocycles. The molecule has 2 unspecified atom stereocenters. The Hall–Kier alpha value is -3.49. The Labute approximate surface area is 207 Å². The van der Waals surface area contributed by atoms with E-state index in [0.29, 0.717) is 11.8 Å². The van der Waals surface area contributed by atoms with Crippen molar-refractivity contribution in [1.29, 1.82) is 0 Å². The predicted octanol–water partition coefficient (Wildman–Crippen LogP) is 9.31. The van der Waals surface area contributed by atoms with E-state index < -0.39 is 0 Å². The van der Waals surface area contributed by atoms with Gasteiger partial charge < -0.3 is 5.32 Å². The maximum absolute atomic E-state index is 4.01. The zero-order valence-electron chi connectivity index (χ0n) is 19.3. The molecule has 1 nitrogen and oxygen atoms in total. The number of benzene rings is 4. The second-order valence-corrected chi connectivity index (χ2v) is 9.80. The summed E-state index contributed by atoms with van der Waals surface area (Å²) in [6.07, 6.45) is 5.88. The second kappa shape index (κ2) is 10.2. The Balaban J connectivity index is 1.47. The van der Waals surface area contributed by atoms with Crippen LogP contribution < -0.4 is 5.32 Å². The van der Waals surface area contributed by atoms with Crippen molar-refractivity contribution in [3.05, 3.63) is 145 Å². The minimum Gasteiger partial charge on any atom is -0.354 e. The molecule has 0 aromatic heterocycles. The molecular formula is C32H29NS. The summed E-state index contributed by atoms with van der Waals surface area (Å²) in [4.78, 5) is 2.54. The Morgan fingerprint density at radius 1 is 0.588 bits per heavy atom. The first-order valence-electron chi connectivity index (χ1n) is 11.8. The highest BCUT2D eigenvalue weighted by Gasteiger charge is 2.21. The Morgan fingerprint density at radius 2 is 1.03 bits per heavy atom. The van der Waals surface area contributed by atoms with Crippen molar-refractivity contribution in [2.75, 3.05) is 5.32 Å². The summed E-state index contributed by atoms with van der Waals surface area (Å²) in [7, 11) is 0. The summed E-state index contributed by atoms with van der Waals surface area (Å²) >= 11 is 1.86. The normalized spacial score (nSPS) is 13.6. The topological polar surface area (TPSA) is 12.0 Å². The molecule has 4 aromatic rings. The highest BCUT2D eigenvalue weighted by molar-refractivity contribution is 7.99. The second-order valence-electron chi connectivity index (χ2n) is 8.71. The monoisotopic (exact) mass is 459 g/mol. The fourth-order valence-electron chi connectivity index (χ4n) is 4.78. The number of fused-ring (bicyclic) bond motifs is 2. The van der Waals surface area contributed by atoms with Crippen LogP contribution in [0.3, 0.4) is 0 Å². The number of anilines is 2. The molecule has 0 aliphatic carbocycles. The highest BCUT2D eigenvalue weighted by Crippen LogP contribution is 2.47. The minimum atomic E-state index is 0.312. The summed E-state index contributed by atoms with van der Waals surface area (Å²) in [6.45, 7) is 8.02. The van der Waals surface area contributed by atoms with E-state index in [1.165, 1.54) is 43.4 Å². The van der Waals surface area contributed by atoms with Crippen LogP contribution in [-0.2, 0) is 0 Å². The standard InChI is InChI=1S/C32H29NS/c1-3-11-27(23-13-7-5-8-14-23)25-17-19-29-31(21-25)34-32-22-26(18-20-30(32)33-29)28(12-4-2)24-15-9-6-10-16-24/h3-10,13-22,27-28,33H,1-2,11-12H2. The van der Waals surface area contributed by atoms with E-state index in [-0.39, 0.29) is 0 Å². The number of hydrogen-bond donors (Lipinski definition) is 1. The van der Waals surface area contributed by atoms with E-state index in [9.17, 15) is 0 Å². The first kappa shape index (κ1) is 22.3. The maximum atomic E-state index is 4.01. The average molecular weight is 460 g/mol. The van der Waals surface area contributed by atoms with Gasteiger partial charge in [-0.15, -0.1) is 13.2 Å². The van der Waals surface area contributed by atoms with Gasteiger partial charge in [-0.25, -0.2) is 0 Å². The Bertz CT molecular complexity index is 1190. The lowest BCUT2D eigenvalue weighted by atomic mass is 9.88. The fraction of sp³-hybridized carbons (Fsp3) is 0.125. The predicted molar refractivity (Wildman–Crippen MR) is 146 cm³/mol. The van der Waals surface area contributed by atoms with Crippen LogP contribution in [0.5, 0.6) is 0 Å². The van der Waals surface area contributed by atoms with Gasteiger partial charge in [-0.1, -0.05) is 96.7 Å². The molecule has 0 amide bonds. The van der Waals surface area contributed by atoms with E-state index in [2.05, 4.69) is 116 Å². The number of nitrogens with one attached hydrogen (secondary N) is 1. The average Bonchev–Trinajstić information content (AvgIpc) is 2.89. The third-order valence-corrected chi connectivity index (χ3v) is 7.63. The number of hydrogen-bond acceptors (Lipinski definition) is 2. The highest BCUT2D eigenvalue weighted by atomic mass is 32.2. The minimum absolute atomic E-state index is 0.312. The summed E-state index contributed by atoms with van der Waals surface area (Å²) in [5, 5.41) is 3.66. The van der Waals surface area contributed by atoms with Gasteiger partial charge in [0.25, 0.3) is 0 Å². The molecule has 0 fully saturated rings. The molecule has 0 saturated carbocycles. The summed E-state index contributed by atoms with van der Waals surface area (Å²) in [5.74, 6) is 0.625. The fourth-order valence-corrected chi connectivity index (χ4v) is 5.87. The first-order valence-corrected chi connectivity index (χ1v) is 12.6. The molecule has 1 aliphatic rings. The van der Waals surface area contributed by atoms with Gasteiger partial charge in [0.15, 0.2) is 0 Å². The van der Waals surface area contributed by atoms with Crippen LogP contribution in [0.15, 0.2) is 132 Å². The van der Waals surface area contributed by atoms with Gasteiger partial charge in [-0.3, -0.25) is 0 Å². The van der Waals surface area contributed by atoms with Crippen molar-refractivity contribution in [3.8, 4) is 0 Å². The van der Waals surface area contributed by atoms with Crippen LogP contribution in [0.25, 0.3) is 0 Å². The van der Waals surface area contributed by atoms with Crippen molar-refractivity contribution >= 4 is 23.1 Å². The van der Waals surface area contributed by atoms with Crippen molar-refractivity contribution in [2.45, 2.75) is 34.5 Å². The summed E-state index contributed by atoms with van der Waals surface area (Å²) in [6, 6.07) is 35.1. The quantitative estimate of drug-likeness (QED) is 0.232. The van der Waals surface area contributed by atoms with Crippen LogP contribution in [0.4, 0.5) is 11.4 Å². The van der Waals surface area contributed by atoms with E-state index >= 15 is 0 Å². The van der Waals surface area contributed by atoms with Crippen molar-refractivity contribution in [2.24, 2.45) is 0 Å². The Morgan fingerprint density at radius 3 is 1.44 bits per heavy atom. The van der Waals surface area contributed by atoms with Gasteiger partial charge in [0.2, 0.25) is 0 Å². The summed E-state index contributed by atoms with van der Waals surface area (Å²) in [5.41, 5.74) is 7.65. The Kier molecular flexibility index (Phi) is 6.69. The van der Waals surface area contributed by atoms with Gasteiger partial charge in [0.05, 0.1) is 11.4 Å². The van der Waals surface area contributed by atoms with Gasteiger partial charge in [-0.2, -0.15) is 0 Å². The van der Waals surface area contributed by atoms with Gasteiger partial charge in [0.1, 0.15) is 0 Å². The van der Waals surface area contributed by atoms with Crippen LogP contribution in [0.1, 0.15) is 46.9 Å². The lowest BCUT2D eigenvalue weighted by molar-refractivity contribution is 0.826. The third kappa shape index (κ3) is 4.60. The molecule has 34 heavy (non-hydrogen) atoms. The van der Waals surface area contributed by atoms with Gasteiger partial charge in [0, 0.05) is 21.6 Å². The molecule has 5 rings (SSSR count). The van der Waals surface area contributed by atoms with Crippen LogP contribution >= 0.6 is 11.8 Å². The van der Waals surface area contributed by atoms with Crippen molar-refractivity contribution in [3.63, 3.8) is 0 Å². The lowest BCUT2D eigenvalue weighted by Gasteiger charge is -2.25. The van der Waals surface area contributed by atoms with Crippen molar-refractivity contribution in [1.82, 2.24) is 0 Å². The largest absolute Gasteiger partial charge is 0.354 e. The molecule has 2 heteroatoms. The first-order chi connectivity index (χ1) is 16.8. The van der Waals surface area contributed by atoms with E-state index in [0.717, 1.165) is 12.8 Å². The summed E-state index contributed by atoms with van der Waals surface area (Å²) < 4.78 is 0. The molecule has 0 spiro atoms. The molecule has 1 heterocycles. The van der Waals surface area contributed by atoms with Crippen LogP contribution in [0.2, 0.25) is 0 Å².